The highest BCUT2D eigenvalue weighted by Crippen LogP contribution is 2.31. The Morgan fingerprint density at radius 2 is 2.00 bits per heavy atom. The van der Waals surface area contributed by atoms with Crippen LogP contribution >= 0.6 is 0 Å². The minimum atomic E-state index is -0.786. The lowest BCUT2D eigenvalue weighted by molar-refractivity contribution is -0.140. The van der Waals surface area contributed by atoms with E-state index in [4.69, 9.17) is 9.84 Å². The predicted octanol–water partition coefficient (Wildman–Crippen LogP) is 2.98. The molecule has 0 spiro atoms. The second kappa shape index (κ2) is 6.45. The standard InChI is InChI=1S/C15H23NO3/c1-10(2)12-6-7-14(19-5)13(8-12)16(4)9-11(3)15(17)18/h6-8,10-11H,9H2,1-5H3,(H,17,18). The number of methoxy groups -OCH3 is 1. The molecule has 1 aromatic carbocycles. The molecule has 4 heteroatoms. The van der Waals surface area contributed by atoms with Crippen LogP contribution in [0.2, 0.25) is 0 Å². The Hall–Kier alpha value is -1.71. The number of carbonyl (C=O) groups is 1. The molecule has 0 amide bonds. The van der Waals surface area contributed by atoms with Crippen molar-refractivity contribution in [3.05, 3.63) is 23.8 Å². The van der Waals surface area contributed by atoms with E-state index in [2.05, 4.69) is 19.9 Å². The van der Waals surface area contributed by atoms with Gasteiger partial charge in [0, 0.05) is 13.6 Å². The Balaban J connectivity index is 3.02. The molecule has 106 valence electrons. The van der Waals surface area contributed by atoms with Crippen molar-refractivity contribution in [1.82, 2.24) is 0 Å². The molecule has 4 nitrogen and oxygen atoms in total. The lowest BCUT2D eigenvalue weighted by Crippen LogP contribution is -2.28. The van der Waals surface area contributed by atoms with Gasteiger partial charge in [-0.05, 0) is 23.6 Å². The molecule has 1 aromatic rings. The number of carboxylic acid groups (broad SMARTS) is 1. The molecule has 0 saturated heterocycles. The number of rotatable bonds is 6. The zero-order valence-corrected chi connectivity index (χ0v) is 12.3. The van der Waals surface area contributed by atoms with Crippen LogP contribution in [0.25, 0.3) is 0 Å². The van der Waals surface area contributed by atoms with Gasteiger partial charge >= 0.3 is 5.97 Å². The SMILES string of the molecule is COc1ccc(C(C)C)cc1N(C)CC(C)C(=O)O. The number of hydrogen-bond donors (Lipinski definition) is 1. The summed E-state index contributed by atoms with van der Waals surface area (Å²) in [6, 6.07) is 6.05. The van der Waals surface area contributed by atoms with Gasteiger partial charge in [0.15, 0.2) is 0 Å². The van der Waals surface area contributed by atoms with Crippen molar-refractivity contribution in [2.75, 3.05) is 25.6 Å². The van der Waals surface area contributed by atoms with Gasteiger partial charge in [-0.25, -0.2) is 0 Å². The molecule has 19 heavy (non-hydrogen) atoms. The lowest BCUT2D eigenvalue weighted by atomic mass is 10.0. The van der Waals surface area contributed by atoms with E-state index < -0.39 is 11.9 Å². The van der Waals surface area contributed by atoms with Gasteiger partial charge in [0.25, 0.3) is 0 Å². The van der Waals surface area contributed by atoms with E-state index in [1.54, 1.807) is 14.0 Å². The van der Waals surface area contributed by atoms with Crippen LogP contribution in [0.5, 0.6) is 5.75 Å². The third-order valence-corrected chi connectivity index (χ3v) is 3.25. The smallest absolute Gasteiger partial charge is 0.308 e. The highest BCUT2D eigenvalue weighted by atomic mass is 16.5. The first kappa shape index (κ1) is 15.3. The summed E-state index contributed by atoms with van der Waals surface area (Å²) in [5.41, 5.74) is 2.15. The molecule has 1 rings (SSSR count). The van der Waals surface area contributed by atoms with Crippen LogP contribution in [-0.4, -0.2) is 31.8 Å². The summed E-state index contributed by atoms with van der Waals surface area (Å²) in [5.74, 6) is -0.0114. The predicted molar refractivity (Wildman–Crippen MR) is 77.2 cm³/mol. The molecule has 0 radical (unpaired) electrons. The van der Waals surface area contributed by atoms with Crippen molar-refractivity contribution in [3.63, 3.8) is 0 Å². The zero-order valence-electron chi connectivity index (χ0n) is 12.3. The third kappa shape index (κ3) is 3.88. The Morgan fingerprint density at radius 3 is 2.47 bits per heavy atom. The second-order valence-corrected chi connectivity index (χ2v) is 5.21. The molecule has 0 heterocycles. The normalized spacial score (nSPS) is 12.3. The number of ether oxygens (including phenoxy) is 1. The molecule has 0 saturated carbocycles. The molecule has 0 aromatic heterocycles. The van der Waals surface area contributed by atoms with Gasteiger partial charge in [0.2, 0.25) is 0 Å². The number of aliphatic carboxylic acids is 1. The minimum absolute atomic E-state index is 0.419. The number of anilines is 1. The van der Waals surface area contributed by atoms with Gasteiger partial charge in [-0.3, -0.25) is 4.79 Å². The Morgan fingerprint density at radius 1 is 1.37 bits per heavy atom. The molecule has 0 aliphatic carbocycles. The molecule has 0 fully saturated rings. The summed E-state index contributed by atoms with van der Waals surface area (Å²) in [6.07, 6.45) is 0. The molecular weight excluding hydrogens is 242 g/mol. The second-order valence-electron chi connectivity index (χ2n) is 5.21. The van der Waals surface area contributed by atoms with Crippen LogP contribution < -0.4 is 9.64 Å². The average molecular weight is 265 g/mol. The fourth-order valence-electron chi connectivity index (χ4n) is 1.95. The Bertz CT molecular complexity index is 443. The molecule has 1 N–H and O–H groups in total. The summed E-state index contributed by atoms with van der Waals surface area (Å²) in [7, 11) is 3.52. The van der Waals surface area contributed by atoms with E-state index in [0.29, 0.717) is 12.5 Å². The molecular formula is C15H23NO3. The molecule has 0 aliphatic heterocycles. The number of hydrogen-bond acceptors (Lipinski definition) is 3. The van der Waals surface area contributed by atoms with Crippen LogP contribution in [-0.2, 0) is 4.79 Å². The Kier molecular flexibility index (Phi) is 5.21. The van der Waals surface area contributed by atoms with Crippen LogP contribution in [0.15, 0.2) is 18.2 Å². The van der Waals surface area contributed by atoms with Crippen molar-refractivity contribution in [3.8, 4) is 5.75 Å². The van der Waals surface area contributed by atoms with Gasteiger partial charge in [-0.1, -0.05) is 26.8 Å². The first-order valence-corrected chi connectivity index (χ1v) is 6.48. The maximum absolute atomic E-state index is 10.9. The summed E-state index contributed by atoms with van der Waals surface area (Å²) in [6.45, 7) is 6.42. The zero-order chi connectivity index (χ0) is 14.6. The fraction of sp³-hybridized carbons (Fsp3) is 0.533. The third-order valence-electron chi connectivity index (χ3n) is 3.25. The van der Waals surface area contributed by atoms with Crippen molar-refractivity contribution in [1.29, 1.82) is 0 Å². The van der Waals surface area contributed by atoms with Crippen LogP contribution in [0.1, 0.15) is 32.3 Å². The first-order valence-electron chi connectivity index (χ1n) is 6.48. The molecule has 1 atom stereocenters. The molecule has 0 aliphatic rings. The topological polar surface area (TPSA) is 49.8 Å². The van der Waals surface area contributed by atoms with Crippen molar-refractivity contribution < 1.29 is 14.6 Å². The van der Waals surface area contributed by atoms with E-state index in [1.165, 1.54) is 5.56 Å². The van der Waals surface area contributed by atoms with Crippen LogP contribution in [0.4, 0.5) is 5.69 Å². The average Bonchev–Trinajstić information content (AvgIpc) is 2.37. The van der Waals surface area contributed by atoms with Crippen LogP contribution in [0.3, 0.4) is 0 Å². The van der Waals surface area contributed by atoms with Crippen molar-refractivity contribution >= 4 is 11.7 Å². The lowest BCUT2D eigenvalue weighted by Gasteiger charge is -2.24. The molecule has 0 bridgehead atoms. The number of nitrogens with zero attached hydrogens (tertiary/aromatic N) is 1. The first-order chi connectivity index (χ1) is 8.86. The highest BCUT2D eigenvalue weighted by molar-refractivity contribution is 5.71. The summed E-state index contributed by atoms with van der Waals surface area (Å²) in [4.78, 5) is 12.9. The quantitative estimate of drug-likeness (QED) is 0.859. The van der Waals surface area contributed by atoms with Gasteiger partial charge < -0.3 is 14.7 Å². The van der Waals surface area contributed by atoms with Gasteiger partial charge in [0.1, 0.15) is 5.75 Å². The summed E-state index contributed by atoms with van der Waals surface area (Å²) in [5, 5.41) is 8.99. The maximum Gasteiger partial charge on any atom is 0.308 e. The van der Waals surface area contributed by atoms with E-state index in [1.807, 2.05) is 24.1 Å². The van der Waals surface area contributed by atoms with E-state index >= 15 is 0 Å². The minimum Gasteiger partial charge on any atom is -0.495 e. The van der Waals surface area contributed by atoms with E-state index in [0.717, 1.165) is 11.4 Å². The largest absolute Gasteiger partial charge is 0.495 e. The van der Waals surface area contributed by atoms with Gasteiger partial charge in [0.05, 0.1) is 18.7 Å². The van der Waals surface area contributed by atoms with Crippen molar-refractivity contribution in [2.45, 2.75) is 26.7 Å². The van der Waals surface area contributed by atoms with E-state index in [-0.39, 0.29) is 0 Å². The summed E-state index contributed by atoms with van der Waals surface area (Å²) < 4.78 is 5.35. The summed E-state index contributed by atoms with van der Waals surface area (Å²) >= 11 is 0. The number of carboxylic acids is 1. The Labute approximate surface area is 115 Å². The van der Waals surface area contributed by atoms with Crippen LogP contribution in [0, 0.1) is 5.92 Å². The van der Waals surface area contributed by atoms with Gasteiger partial charge in [-0.2, -0.15) is 0 Å². The maximum atomic E-state index is 10.9. The molecule has 1 unspecified atom stereocenters. The highest BCUT2D eigenvalue weighted by Gasteiger charge is 2.17. The van der Waals surface area contributed by atoms with Gasteiger partial charge in [-0.15, -0.1) is 0 Å². The van der Waals surface area contributed by atoms with E-state index in [9.17, 15) is 4.79 Å². The fourth-order valence-corrected chi connectivity index (χ4v) is 1.95. The van der Waals surface area contributed by atoms with Crippen molar-refractivity contribution in [2.24, 2.45) is 5.92 Å². The number of benzene rings is 1. The monoisotopic (exact) mass is 265 g/mol.